The van der Waals surface area contributed by atoms with Crippen LogP contribution in [0.3, 0.4) is 0 Å². The van der Waals surface area contributed by atoms with Crippen LogP contribution in [0.5, 0.6) is 0 Å². The number of H-pyrrole nitrogens is 2. The number of nitrogens with one attached hydrogen (secondary N) is 8. The molecule has 0 radical (unpaired) electrons. The van der Waals surface area contributed by atoms with Gasteiger partial charge in [-0.3, -0.25) is 33.8 Å². The second-order valence-electron chi connectivity index (χ2n) is 14.3. The minimum atomic E-state index is -1.83. The van der Waals surface area contributed by atoms with Gasteiger partial charge in [0.15, 0.2) is 12.0 Å². The number of carboxylic acids is 1. The Balaban J connectivity index is 1.73. The van der Waals surface area contributed by atoms with Crippen molar-refractivity contribution in [3.05, 3.63) is 54.2 Å². The molecule has 19 N–H and O–H groups in total. The number of fused-ring (bicyclic) bond motifs is 1. The van der Waals surface area contributed by atoms with Crippen molar-refractivity contribution in [3.63, 3.8) is 0 Å². The summed E-state index contributed by atoms with van der Waals surface area (Å²) in [7, 11) is 0. The third-order valence-corrected chi connectivity index (χ3v) is 9.38. The topological polar surface area (TPSA) is 428 Å². The summed E-state index contributed by atoms with van der Waals surface area (Å²) in [5, 5.41) is 64.4. The van der Waals surface area contributed by atoms with Gasteiger partial charge in [0.05, 0.1) is 37.8 Å². The van der Waals surface area contributed by atoms with Crippen LogP contribution in [0, 0.1) is 0 Å². The van der Waals surface area contributed by atoms with Crippen molar-refractivity contribution < 1.29 is 59.1 Å². The number of aromatic amines is 2. The van der Waals surface area contributed by atoms with Gasteiger partial charge in [0.25, 0.3) is 0 Å². The summed E-state index contributed by atoms with van der Waals surface area (Å²) in [4.78, 5) is 105. The predicted molar refractivity (Wildman–Crippen MR) is 219 cm³/mol. The molecule has 340 valence electrons. The summed E-state index contributed by atoms with van der Waals surface area (Å²) in [5.74, 6) is -8.09. The standard InChI is InChI=1S/C37H55N13O12/c1-17(53)28(49-34(59)27(15-52)48-33(58)26(14-51)47-30(55)22(38)10-19-12-43-23-7-4-3-6-21(19)23)35(60)45-24(8-5-9-42-37(39)40)31(56)46-25(11-20-13-41-16-44-20)32(57)50-29(18(2)54)36(61)62/h3-4,6-7,12-13,16-18,22,24-29,43,51-54H,5,8-11,14-15,38H2,1-2H3,(H,41,44)(H,45,60)(H,46,56)(H,47,55)(H,48,58)(H,49,59)(H,50,57)(H,61,62)(H4,39,40,42)/t17-,18-,22+,24+,25+,26+,27+,28+,29+/m1/s1. The first kappa shape index (κ1) is 49.7. The largest absolute Gasteiger partial charge is 0.480 e. The fourth-order valence-electron chi connectivity index (χ4n) is 6.00. The zero-order chi connectivity index (χ0) is 46.1. The molecule has 0 aliphatic rings. The van der Waals surface area contributed by atoms with E-state index in [4.69, 9.17) is 17.2 Å². The molecule has 2 heterocycles. The molecular formula is C37H55N13O12. The highest BCUT2D eigenvalue weighted by Crippen LogP contribution is 2.19. The molecule has 62 heavy (non-hydrogen) atoms. The van der Waals surface area contributed by atoms with Gasteiger partial charge in [-0.05, 0) is 44.7 Å². The molecule has 0 saturated carbocycles. The summed E-state index contributed by atoms with van der Waals surface area (Å²) in [6.07, 6.45) is 0.821. The van der Waals surface area contributed by atoms with Crippen molar-refractivity contribution in [2.75, 3.05) is 19.8 Å². The van der Waals surface area contributed by atoms with Gasteiger partial charge in [-0.25, -0.2) is 9.78 Å². The van der Waals surface area contributed by atoms with Gasteiger partial charge in [-0.15, -0.1) is 0 Å². The molecule has 6 amide bonds. The number of aliphatic imine (C=N–C) groups is 1. The Bertz CT molecular complexity index is 2020. The van der Waals surface area contributed by atoms with Crippen LogP contribution in [-0.4, -0.2) is 162 Å². The van der Waals surface area contributed by atoms with Gasteiger partial charge in [0.2, 0.25) is 35.4 Å². The number of carbonyl (C=O) groups excluding carboxylic acids is 6. The number of aliphatic hydroxyl groups excluding tert-OH is 4. The molecule has 9 atom stereocenters. The number of hydrogen-bond acceptors (Lipinski definition) is 14. The lowest BCUT2D eigenvalue weighted by Crippen LogP contribution is -2.62. The summed E-state index contributed by atoms with van der Waals surface area (Å²) in [6.45, 7) is 0.246. The second kappa shape index (κ2) is 23.9. The van der Waals surface area contributed by atoms with Crippen LogP contribution in [0.4, 0.5) is 0 Å². The zero-order valence-corrected chi connectivity index (χ0v) is 33.9. The van der Waals surface area contributed by atoms with E-state index in [1.807, 2.05) is 24.3 Å². The average molecular weight is 874 g/mol. The minimum Gasteiger partial charge on any atom is -0.480 e. The third-order valence-electron chi connectivity index (χ3n) is 9.38. The van der Waals surface area contributed by atoms with E-state index in [2.05, 4.69) is 51.8 Å². The molecule has 0 unspecified atom stereocenters. The van der Waals surface area contributed by atoms with Crippen LogP contribution >= 0.6 is 0 Å². The van der Waals surface area contributed by atoms with Gasteiger partial charge in [0, 0.05) is 42.0 Å². The Kier molecular flexibility index (Phi) is 19.2. The number of nitrogens with zero attached hydrogens (tertiary/aromatic N) is 2. The third kappa shape index (κ3) is 14.8. The van der Waals surface area contributed by atoms with Crippen molar-refractivity contribution >= 4 is 58.3 Å². The van der Waals surface area contributed by atoms with E-state index in [1.54, 1.807) is 6.20 Å². The Morgan fingerprint density at radius 2 is 1.27 bits per heavy atom. The molecule has 0 aliphatic heterocycles. The molecule has 0 bridgehead atoms. The van der Waals surface area contributed by atoms with Crippen LogP contribution in [0.1, 0.15) is 37.9 Å². The van der Waals surface area contributed by atoms with Gasteiger partial charge in [-0.1, -0.05) is 18.2 Å². The summed E-state index contributed by atoms with van der Waals surface area (Å²) >= 11 is 0. The molecule has 25 nitrogen and oxygen atoms in total. The number of benzene rings is 1. The second-order valence-corrected chi connectivity index (χ2v) is 14.3. The molecule has 0 spiro atoms. The summed E-state index contributed by atoms with van der Waals surface area (Å²) in [5.41, 5.74) is 18.8. The van der Waals surface area contributed by atoms with E-state index in [0.29, 0.717) is 5.69 Å². The van der Waals surface area contributed by atoms with Crippen molar-refractivity contribution in [2.45, 2.75) is 94.0 Å². The van der Waals surface area contributed by atoms with Crippen LogP contribution in [-0.2, 0) is 46.4 Å². The highest BCUT2D eigenvalue weighted by molar-refractivity contribution is 5.97. The molecule has 2 aromatic heterocycles. The van der Waals surface area contributed by atoms with E-state index < -0.39 is 109 Å². The van der Waals surface area contributed by atoms with Gasteiger partial charge in [-0.2, -0.15) is 0 Å². The Labute approximate surface area is 354 Å². The van der Waals surface area contributed by atoms with Gasteiger partial charge >= 0.3 is 5.97 Å². The average Bonchev–Trinajstić information content (AvgIpc) is 3.89. The van der Waals surface area contributed by atoms with Crippen LogP contribution in [0.15, 0.2) is 48.0 Å². The molecular weight excluding hydrogens is 818 g/mol. The lowest BCUT2D eigenvalue weighted by molar-refractivity contribution is -0.145. The Morgan fingerprint density at radius 3 is 1.85 bits per heavy atom. The normalized spacial score (nSPS) is 15.5. The number of carboxylic acid groups (broad SMARTS) is 1. The minimum absolute atomic E-state index is 0.0194. The summed E-state index contributed by atoms with van der Waals surface area (Å²) in [6, 6.07) is -3.87. The first-order valence-corrected chi connectivity index (χ1v) is 19.3. The van der Waals surface area contributed by atoms with E-state index in [0.717, 1.165) is 30.3 Å². The molecule has 0 saturated heterocycles. The van der Waals surface area contributed by atoms with Crippen LogP contribution in [0.25, 0.3) is 10.9 Å². The highest BCUT2D eigenvalue weighted by Gasteiger charge is 2.35. The number of aromatic nitrogens is 3. The lowest BCUT2D eigenvalue weighted by Gasteiger charge is -2.28. The number of guanidine groups is 1. The van der Waals surface area contributed by atoms with Crippen molar-refractivity contribution in [2.24, 2.45) is 22.2 Å². The number of aliphatic carboxylic acids is 1. The fourth-order valence-corrected chi connectivity index (χ4v) is 6.00. The predicted octanol–water partition coefficient (Wildman–Crippen LogP) is -6.20. The first-order chi connectivity index (χ1) is 29.4. The molecule has 0 fully saturated rings. The number of para-hydroxylation sites is 1. The van der Waals surface area contributed by atoms with E-state index >= 15 is 0 Å². The number of rotatable bonds is 25. The zero-order valence-electron chi connectivity index (χ0n) is 33.9. The maximum atomic E-state index is 13.8. The maximum Gasteiger partial charge on any atom is 0.328 e. The van der Waals surface area contributed by atoms with Gasteiger partial charge < -0.3 is 84.6 Å². The van der Waals surface area contributed by atoms with E-state index in [-0.39, 0.29) is 38.2 Å². The number of amides is 6. The number of aliphatic hydroxyl groups is 4. The number of carbonyl (C=O) groups is 7. The first-order valence-electron chi connectivity index (χ1n) is 19.3. The lowest BCUT2D eigenvalue weighted by atomic mass is 10.0. The van der Waals surface area contributed by atoms with Crippen LogP contribution in [0.2, 0.25) is 0 Å². The Hall–Kier alpha value is -6.67. The number of nitrogens with two attached hydrogens (primary N) is 3. The van der Waals surface area contributed by atoms with Crippen molar-refractivity contribution in [3.8, 4) is 0 Å². The van der Waals surface area contributed by atoms with Crippen molar-refractivity contribution in [1.29, 1.82) is 0 Å². The molecule has 25 heteroatoms. The monoisotopic (exact) mass is 873 g/mol. The molecule has 1 aromatic carbocycles. The van der Waals surface area contributed by atoms with Gasteiger partial charge in [0.1, 0.15) is 30.2 Å². The molecule has 0 aliphatic carbocycles. The van der Waals surface area contributed by atoms with E-state index in [9.17, 15) is 59.1 Å². The fraction of sp³-hybridized carbons (Fsp3) is 0.486. The highest BCUT2D eigenvalue weighted by atomic mass is 16.4. The van der Waals surface area contributed by atoms with Crippen molar-refractivity contribution in [1.82, 2.24) is 46.9 Å². The Morgan fingerprint density at radius 1 is 0.726 bits per heavy atom. The smallest absolute Gasteiger partial charge is 0.328 e. The van der Waals surface area contributed by atoms with E-state index in [1.165, 1.54) is 12.5 Å². The molecule has 3 rings (SSSR count). The quantitative estimate of drug-likeness (QED) is 0.0214. The number of hydrogen-bond donors (Lipinski definition) is 16. The van der Waals surface area contributed by atoms with Crippen LogP contribution < -0.4 is 49.1 Å². The SMILES string of the molecule is C[C@@H](O)[C@H](NC(=O)[C@H](Cc1cnc[nH]1)NC(=O)[C@H](CCCN=C(N)N)NC(=O)[C@@H](NC(=O)[C@H](CO)NC(=O)[C@H](CO)NC(=O)[C@@H](N)Cc1c[nH]c2ccccc12)[C@@H](C)O)C(=O)O. The summed E-state index contributed by atoms with van der Waals surface area (Å²) < 4.78 is 0. The maximum absolute atomic E-state index is 13.8. The number of imidazole rings is 1. The molecule has 3 aromatic rings.